The van der Waals surface area contributed by atoms with Gasteiger partial charge in [0, 0.05) is 25.2 Å². The Labute approximate surface area is 102 Å². The van der Waals surface area contributed by atoms with Crippen molar-refractivity contribution < 1.29 is 4.74 Å². The molecule has 1 aromatic rings. The maximum Gasteiger partial charge on any atom is 0.121 e. The van der Waals surface area contributed by atoms with Gasteiger partial charge in [-0.05, 0) is 18.1 Å². The standard InChI is InChI=1S/C13H17N3O/c1-9-7-16(8-12(9)15)13-5-11(17-2)4-3-10(13)6-14/h3-5,9,12H,7-8,15H2,1-2H3. The fraction of sp³-hybridized carbons (Fsp3) is 0.462. The minimum absolute atomic E-state index is 0.174. The Morgan fingerprint density at radius 2 is 2.24 bits per heavy atom. The number of ether oxygens (including phenoxy) is 1. The Hall–Kier alpha value is -1.73. The third-order valence-electron chi connectivity index (χ3n) is 3.34. The number of hydrogen-bond donors (Lipinski definition) is 1. The minimum Gasteiger partial charge on any atom is -0.497 e. The number of methoxy groups -OCH3 is 1. The molecule has 2 N–H and O–H groups in total. The monoisotopic (exact) mass is 231 g/mol. The molecule has 2 atom stereocenters. The van der Waals surface area contributed by atoms with Gasteiger partial charge in [-0.25, -0.2) is 0 Å². The zero-order chi connectivity index (χ0) is 12.4. The molecule has 17 heavy (non-hydrogen) atoms. The number of hydrogen-bond acceptors (Lipinski definition) is 4. The highest BCUT2D eigenvalue weighted by Crippen LogP contribution is 2.29. The van der Waals surface area contributed by atoms with Crippen LogP contribution in [-0.2, 0) is 0 Å². The Balaban J connectivity index is 2.34. The van der Waals surface area contributed by atoms with E-state index in [4.69, 9.17) is 15.7 Å². The van der Waals surface area contributed by atoms with Crippen LogP contribution >= 0.6 is 0 Å². The summed E-state index contributed by atoms with van der Waals surface area (Å²) in [6, 6.07) is 7.90. The number of nitriles is 1. The molecule has 0 spiro atoms. The molecule has 1 aromatic carbocycles. The zero-order valence-electron chi connectivity index (χ0n) is 10.2. The smallest absolute Gasteiger partial charge is 0.121 e. The lowest BCUT2D eigenvalue weighted by Crippen LogP contribution is -2.28. The number of rotatable bonds is 2. The molecule has 4 heteroatoms. The van der Waals surface area contributed by atoms with E-state index in [0.717, 1.165) is 24.5 Å². The molecule has 0 saturated carbocycles. The van der Waals surface area contributed by atoms with Gasteiger partial charge in [-0.2, -0.15) is 5.26 Å². The summed E-state index contributed by atoms with van der Waals surface area (Å²) in [5.41, 5.74) is 7.61. The maximum absolute atomic E-state index is 9.13. The molecule has 90 valence electrons. The van der Waals surface area contributed by atoms with E-state index in [-0.39, 0.29) is 6.04 Å². The summed E-state index contributed by atoms with van der Waals surface area (Å²) in [6.07, 6.45) is 0. The molecule has 2 rings (SSSR count). The van der Waals surface area contributed by atoms with Crippen LogP contribution in [0.1, 0.15) is 12.5 Å². The fourth-order valence-corrected chi connectivity index (χ4v) is 2.18. The highest BCUT2D eigenvalue weighted by atomic mass is 16.5. The minimum atomic E-state index is 0.174. The second-order valence-corrected chi connectivity index (χ2v) is 4.54. The summed E-state index contributed by atoms with van der Waals surface area (Å²) in [7, 11) is 1.63. The maximum atomic E-state index is 9.13. The van der Waals surface area contributed by atoms with Gasteiger partial charge in [-0.15, -0.1) is 0 Å². The predicted molar refractivity (Wildman–Crippen MR) is 67.1 cm³/mol. The van der Waals surface area contributed by atoms with Crippen LogP contribution in [-0.4, -0.2) is 26.2 Å². The van der Waals surface area contributed by atoms with Crippen LogP contribution in [0.25, 0.3) is 0 Å². The SMILES string of the molecule is COc1ccc(C#N)c(N2CC(C)C(N)C2)c1. The molecule has 1 heterocycles. The summed E-state index contributed by atoms with van der Waals surface area (Å²) in [6.45, 7) is 3.82. The van der Waals surface area contributed by atoms with Crippen LogP contribution in [0.15, 0.2) is 18.2 Å². The second kappa shape index (κ2) is 4.64. The van der Waals surface area contributed by atoms with Crippen molar-refractivity contribution in [3.63, 3.8) is 0 Å². The van der Waals surface area contributed by atoms with E-state index < -0.39 is 0 Å². The topological polar surface area (TPSA) is 62.3 Å². The van der Waals surface area contributed by atoms with E-state index in [9.17, 15) is 0 Å². The van der Waals surface area contributed by atoms with Gasteiger partial charge in [0.05, 0.1) is 18.4 Å². The number of anilines is 1. The molecule has 4 nitrogen and oxygen atoms in total. The van der Waals surface area contributed by atoms with Gasteiger partial charge in [0.1, 0.15) is 11.8 Å². The van der Waals surface area contributed by atoms with Crippen molar-refractivity contribution in [1.29, 1.82) is 5.26 Å². The van der Waals surface area contributed by atoms with Gasteiger partial charge in [-0.1, -0.05) is 6.92 Å². The number of benzene rings is 1. The first-order chi connectivity index (χ1) is 8.15. The molecule has 1 aliphatic heterocycles. The van der Waals surface area contributed by atoms with Crippen LogP contribution in [0, 0.1) is 17.2 Å². The van der Waals surface area contributed by atoms with Crippen molar-refractivity contribution in [2.24, 2.45) is 11.7 Å². The van der Waals surface area contributed by atoms with E-state index in [1.807, 2.05) is 12.1 Å². The Morgan fingerprint density at radius 1 is 1.47 bits per heavy atom. The first-order valence-corrected chi connectivity index (χ1v) is 5.74. The first-order valence-electron chi connectivity index (χ1n) is 5.74. The van der Waals surface area contributed by atoms with Crippen molar-refractivity contribution >= 4 is 5.69 Å². The van der Waals surface area contributed by atoms with Crippen LogP contribution in [0.4, 0.5) is 5.69 Å². The van der Waals surface area contributed by atoms with Crippen molar-refractivity contribution in [2.75, 3.05) is 25.1 Å². The van der Waals surface area contributed by atoms with Crippen molar-refractivity contribution in [2.45, 2.75) is 13.0 Å². The normalized spacial score (nSPS) is 23.5. The van der Waals surface area contributed by atoms with Crippen LogP contribution in [0.2, 0.25) is 0 Å². The van der Waals surface area contributed by atoms with E-state index in [1.165, 1.54) is 0 Å². The van der Waals surface area contributed by atoms with E-state index >= 15 is 0 Å². The first kappa shape index (κ1) is 11.7. The summed E-state index contributed by atoms with van der Waals surface area (Å²) in [5.74, 6) is 1.22. The van der Waals surface area contributed by atoms with Gasteiger partial charge < -0.3 is 15.4 Å². The second-order valence-electron chi connectivity index (χ2n) is 4.54. The largest absolute Gasteiger partial charge is 0.497 e. The number of nitrogens with zero attached hydrogens (tertiary/aromatic N) is 2. The summed E-state index contributed by atoms with van der Waals surface area (Å²) < 4.78 is 5.20. The average Bonchev–Trinajstić information content (AvgIpc) is 2.68. The lowest BCUT2D eigenvalue weighted by atomic mass is 10.1. The van der Waals surface area contributed by atoms with E-state index in [0.29, 0.717) is 11.5 Å². The Kier molecular flexibility index (Phi) is 3.21. The average molecular weight is 231 g/mol. The van der Waals surface area contributed by atoms with Crippen LogP contribution < -0.4 is 15.4 Å². The van der Waals surface area contributed by atoms with Gasteiger partial charge in [0.15, 0.2) is 0 Å². The van der Waals surface area contributed by atoms with Crippen molar-refractivity contribution in [3.05, 3.63) is 23.8 Å². The number of nitrogens with two attached hydrogens (primary N) is 1. The lowest BCUT2D eigenvalue weighted by molar-refractivity contribution is 0.415. The quantitative estimate of drug-likeness (QED) is 0.834. The van der Waals surface area contributed by atoms with E-state index in [1.54, 1.807) is 13.2 Å². The molecule has 1 saturated heterocycles. The molecule has 0 aliphatic carbocycles. The molecular formula is C13H17N3O. The highest BCUT2D eigenvalue weighted by molar-refractivity contribution is 5.62. The zero-order valence-corrected chi connectivity index (χ0v) is 10.2. The molecule has 0 radical (unpaired) electrons. The van der Waals surface area contributed by atoms with Gasteiger partial charge in [0.25, 0.3) is 0 Å². The fourth-order valence-electron chi connectivity index (χ4n) is 2.18. The molecule has 1 aliphatic rings. The molecule has 0 aromatic heterocycles. The molecule has 2 unspecified atom stereocenters. The summed E-state index contributed by atoms with van der Waals surface area (Å²) in [5, 5.41) is 9.13. The Bertz CT molecular complexity index is 442. The molecule has 0 bridgehead atoms. The third kappa shape index (κ3) is 2.20. The van der Waals surface area contributed by atoms with Crippen molar-refractivity contribution in [3.8, 4) is 11.8 Å². The molecule has 0 amide bonds. The summed E-state index contributed by atoms with van der Waals surface area (Å²) in [4.78, 5) is 2.16. The molecule has 1 fully saturated rings. The van der Waals surface area contributed by atoms with E-state index in [2.05, 4.69) is 17.9 Å². The van der Waals surface area contributed by atoms with Gasteiger partial charge in [-0.3, -0.25) is 0 Å². The lowest BCUT2D eigenvalue weighted by Gasteiger charge is -2.20. The van der Waals surface area contributed by atoms with Crippen LogP contribution in [0.5, 0.6) is 5.75 Å². The van der Waals surface area contributed by atoms with Gasteiger partial charge >= 0.3 is 0 Å². The summed E-state index contributed by atoms with van der Waals surface area (Å²) >= 11 is 0. The van der Waals surface area contributed by atoms with Gasteiger partial charge in [0.2, 0.25) is 0 Å². The predicted octanol–water partition coefficient (Wildman–Crippen LogP) is 1.35. The van der Waals surface area contributed by atoms with Crippen LogP contribution in [0.3, 0.4) is 0 Å². The third-order valence-corrected chi connectivity index (χ3v) is 3.34. The molecular weight excluding hydrogens is 214 g/mol. The highest BCUT2D eigenvalue weighted by Gasteiger charge is 2.28. The Morgan fingerprint density at radius 3 is 2.76 bits per heavy atom. The van der Waals surface area contributed by atoms with Crippen molar-refractivity contribution in [1.82, 2.24) is 0 Å².